The zero-order valence-corrected chi connectivity index (χ0v) is 14.5. The average Bonchev–Trinajstić information content (AvgIpc) is 2.92. The molecule has 1 unspecified atom stereocenters. The Bertz CT molecular complexity index is 775. The molecule has 2 amide bonds. The smallest absolute Gasteiger partial charge is 0.315 e. The SMILES string of the molecule is Cc1c(C(C)NC(=O)NC2CCC(C(=O)O)CC2)oc2ccccc12. The fourth-order valence-electron chi connectivity index (χ4n) is 3.58. The third kappa shape index (κ3) is 3.78. The van der Waals surface area contributed by atoms with Crippen LogP contribution in [-0.2, 0) is 4.79 Å². The van der Waals surface area contributed by atoms with Crippen molar-refractivity contribution in [2.24, 2.45) is 5.92 Å². The van der Waals surface area contributed by atoms with Crippen molar-refractivity contribution in [3.05, 3.63) is 35.6 Å². The third-order valence-electron chi connectivity index (χ3n) is 5.03. The minimum atomic E-state index is -0.739. The topological polar surface area (TPSA) is 91.6 Å². The van der Waals surface area contributed by atoms with Gasteiger partial charge in [-0.05, 0) is 45.6 Å². The number of furan rings is 1. The average molecular weight is 344 g/mol. The van der Waals surface area contributed by atoms with Crippen LogP contribution in [0.2, 0.25) is 0 Å². The second-order valence-electron chi connectivity index (χ2n) is 6.81. The summed E-state index contributed by atoms with van der Waals surface area (Å²) in [7, 11) is 0. The first-order chi connectivity index (χ1) is 12.0. The van der Waals surface area contributed by atoms with Gasteiger partial charge in [0.15, 0.2) is 0 Å². The number of fused-ring (bicyclic) bond motifs is 1. The van der Waals surface area contributed by atoms with E-state index >= 15 is 0 Å². The Labute approximate surface area is 146 Å². The maximum Gasteiger partial charge on any atom is 0.315 e. The quantitative estimate of drug-likeness (QED) is 0.788. The van der Waals surface area contributed by atoms with Gasteiger partial charge in [0.1, 0.15) is 11.3 Å². The molecule has 0 saturated heterocycles. The summed E-state index contributed by atoms with van der Waals surface area (Å²) >= 11 is 0. The number of urea groups is 1. The van der Waals surface area contributed by atoms with E-state index in [1.807, 2.05) is 38.1 Å². The lowest BCUT2D eigenvalue weighted by Crippen LogP contribution is -2.44. The molecule has 0 radical (unpaired) electrons. The van der Waals surface area contributed by atoms with Gasteiger partial charge in [0.05, 0.1) is 12.0 Å². The summed E-state index contributed by atoms with van der Waals surface area (Å²) in [4.78, 5) is 23.2. The zero-order chi connectivity index (χ0) is 18.0. The van der Waals surface area contributed by atoms with E-state index in [-0.39, 0.29) is 24.0 Å². The zero-order valence-electron chi connectivity index (χ0n) is 14.5. The van der Waals surface area contributed by atoms with Crippen LogP contribution in [0.25, 0.3) is 11.0 Å². The molecule has 0 spiro atoms. The summed E-state index contributed by atoms with van der Waals surface area (Å²) in [6, 6.07) is 7.35. The van der Waals surface area contributed by atoms with E-state index in [2.05, 4.69) is 10.6 Å². The van der Waals surface area contributed by atoms with E-state index in [0.717, 1.165) is 22.3 Å². The van der Waals surface area contributed by atoms with Gasteiger partial charge >= 0.3 is 12.0 Å². The lowest BCUT2D eigenvalue weighted by atomic mass is 9.86. The Morgan fingerprint density at radius 1 is 1.20 bits per heavy atom. The Balaban J connectivity index is 1.57. The van der Waals surface area contributed by atoms with Gasteiger partial charge in [-0.3, -0.25) is 4.79 Å². The lowest BCUT2D eigenvalue weighted by molar-refractivity contribution is -0.142. The lowest BCUT2D eigenvalue weighted by Gasteiger charge is -2.27. The number of hydrogen-bond donors (Lipinski definition) is 3. The molecule has 1 heterocycles. The fourth-order valence-corrected chi connectivity index (χ4v) is 3.58. The molecule has 1 fully saturated rings. The molecule has 0 bridgehead atoms. The Hall–Kier alpha value is -2.50. The number of carboxylic acid groups (broad SMARTS) is 1. The van der Waals surface area contributed by atoms with Crippen molar-refractivity contribution in [3.63, 3.8) is 0 Å². The molecule has 1 aromatic heterocycles. The van der Waals surface area contributed by atoms with Crippen LogP contribution in [0, 0.1) is 12.8 Å². The molecule has 2 aromatic rings. The van der Waals surface area contributed by atoms with Gasteiger partial charge in [0.25, 0.3) is 0 Å². The van der Waals surface area contributed by atoms with Crippen LogP contribution in [0.5, 0.6) is 0 Å². The number of carbonyl (C=O) groups excluding carboxylic acids is 1. The molecule has 1 aromatic carbocycles. The highest BCUT2D eigenvalue weighted by molar-refractivity contribution is 5.82. The van der Waals surface area contributed by atoms with Crippen LogP contribution in [0.3, 0.4) is 0 Å². The second kappa shape index (κ2) is 7.17. The van der Waals surface area contributed by atoms with Gasteiger partial charge in [-0.25, -0.2) is 4.79 Å². The molecule has 6 heteroatoms. The summed E-state index contributed by atoms with van der Waals surface area (Å²) in [5.41, 5.74) is 1.85. The highest BCUT2D eigenvalue weighted by Crippen LogP contribution is 2.29. The number of para-hydroxylation sites is 1. The highest BCUT2D eigenvalue weighted by atomic mass is 16.4. The molecule has 1 aliphatic rings. The number of amides is 2. The first-order valence-electron chi connectivity index (χ1n) is 8.73. The summed E-state index contributed by atoms with van der Waals surface area (Å²) in [5.74, 6) is -0.263. The predicted molar refractivity (Wildman–Crippen MR) is 94.4 cm³/mol. The van der Waals surface area contributed by atoms with Crippen molar-refractivity contribution >= 4 is 23.0 Å². The van der Waals surface area contributed by atoms with Crippen molar-refractivity contribution in [3.8, 4) is 0 Å². The Morgan fingerprint density at radius 2 is 1.88 bits per heavy atom. The molecule has 3 N–H and O–H groups in total. The first-order valence-corrected chi connectivity index (χ1v) is 8.73. The van der Waals surface area contributed by atoms with Crippen LogP contribution in [0.4, 0.5) is 4.79 Å². The number of carbonyl (C=O) groups is 2. The summed E-state index contributed by atoms with van der Waals surface area (Å²) in [6.45, 7) is 3.88. The minimum Gasteiger partial charge on any atom is -0.481 e. The van der Waals surface area contributed by atoms with Crippen LogP contribution in [-0.4, -0.2) is 23.1 Å². The standard InChI is InChI=1S/C19H24N2O4/c1-11-15-5-3-4-6-16(15)25-17(11)12(2)20-19(24)21-14-9-7-13(8-10-14)18(22)23/h3-6,12-14H,7-10H2,1-2H3,(H,22,23)(H2,20,21,24). The van der Waals surface area contributed by atoms with Crippen molar-refractivity contribution in [2.45, 2.75) is 51.6 Å². The van der Waals surface area contributed by atoms with Gasteiger partial charge in [-0.2, -0.15) is 0 Å². The number of hydrogen-bond acceptors (Lipinski definition) is 3. The normalized spacial score (nSPS) is 21.7. The van der Waals surface area contributed by atoms with Crippen molar-refractivity contribution in [1.82, 2.24) is 10.6 Å². The monoisotopic (exact) mass is 344 g/mol. The number of nitrogens with one attached hydrogen (secondary N) is 2. The predicted octanol–water partition coefficient (Wildman–Crippen LogP) is 3.74. The van der Waals surface area contributed by atoms with E-state index in [1.54, 1.807) is 0 Å². The van der Waals surface area contributed by atoms with Crippen LogP contribution < -0.4 is 10.6 Å². The van der Waals surface area contributed by atoms with Crippen molar-refractivity contribution in [2.75, 3.05) is 0 Å². The van der Waals surface area contributed by atoms with E-state index in [1.165, 1.54) is 0 Å². The van der Waals surface area contributed by atoms with E-state index in [4.69, 9.17) is 9.52 Å². The number of carboxylic acids is 1. The fraction of sp³-hybridized carbons (Fsp3) is 0.474. The van der Waals surface area contributed by atoms with Crippen molar-refractivity contribution in [1.29, 1.82) is 0 Å². The van der Waals surface area contributed by atoms with E-state index in [0.29, 0.717) is 25.7 Å². The third-order valence-corrected chi connectivity index (χ3v) is 5.03. The molecule has 134 valence electrons. The molecule has 1 atom stereocenters. The Morgan fingerprint density at radius 3 is 2.52 bits per heavy atom. The van der Waals surface area contributed by atoms with E-state index in [9.17, 15) is 9.59 Å². The van der Waals surface area contributed by atoms with Crippen LogP contribution in [0.1, 0.15) is 50.0 Å². The van der Waals surface area contributed by atoms with Gasteiger partial charge in [0, 0.05) is 17.0 Å². The largest absolute Gasteiger partial charge is 0.481 e. The van der Waals surface area contributed by atoms with Gasteiger partial charge in [-0.15, -0.1) is 0 Å². The molecule has 6 nitrogen and oxygen atoms in total. The molecular formula is C19H24N2O4. The summed E-state index contributed by atoms with van der Waals surface area (Å²) in [5, 5.41) is 15.9. The maximum absolute atomic E-state index is 12.3. The molecule has 3 rings (SSSR count). The van der Waals surface area contributed by atoms with Gasteiger partial charge < -0.3 is 20.2 Å². The number of rotatable bonds is 4. The first kappa shape index (κ1) is 17.3. The maximum atomic E-state index is 12.3. The highest BCUT2D eigenvalue weighted by Gasteiger charge is 2.27. The molecule has 25 heavy (non-hydrogen) atoms. The molecule has 1 aliphatic carbocycles. The minimum absolute atomic E-state index is 0.0274. The van der Waals surface area contributed by atoms with Crippen molar-refractivity contribution < 1.29 is 19.1 Å². The van der Waals surface area contributed by atoms with Gasteiger partial charge in [0.2, 0.25) is 0 Å². The number of benzene rings is 1. The molecule has 0 aliphatic heterocycles. The van der Waals surface area contributed by atoms with Crippen LogP contribution in [0.15, 0.2) is 28.7 Å². The molecule has 1 saturated carbocycles. The summed E-state index contributed by atoms with van der Waals surface area (Å²) < 4.78 is 5.88. The molecular weight excluding hydrogens is 320 g/mol. The van der Waals surface area contributed by atoms with Crippen LogP contribution >= 0.6 is 0 Å². The Kier molecular flexibility index (Phi) is 4.97. The number of aryl methyl sites for hydroxylation is 1. The van der Waals surface area contributed by atoms with E-state index < -0.39 is 5.97 Å². The second-order valence-corrected chi connectivity index (χ2v) is 6.81. The van der Waals surface area contributed by atoms with Gasteiger partial charge in [-0.1, -0.05) is 18.2 Å². The summed E-state index contributed by atoms with van der Waals surface area (Å²) in [6.07, 6.45) is 2.61. The number of aliphatic carboxylic acids is 1.